The molecule has 0 bridgehead atoms. The first-order valence-electron chi connectivity index (χ1n) is 6.42. The van der Waals surface area contributed by atoms with E-state index in [0.29, 0.717) is 0 Å². The van der Waals surface area contributed by atoms with Gasteiger partial charge in [-0.15, -0.1) is 0 Å². The maximum absolute atomic E-state index is 2.20. The fraction of sp³-hybridized carbons (Fsp3) is 0.278. The molecule has 0 spiro atoms. The van der Waals surface area contributed by atoms with Crippen molar-refractivity contribution >= 4 is 0 Å². The molecular formula is C18H23Tb-. The fourth-order valence-electron chi connectivity index (χ4n) is 1.92. The van der Waals surface area contributed by atoms with Crippen LogP contribution in [0.3, 0.4) is 0 Å². The molecule has 0 saturated heterocycles. The van der Waals surface area contributed by atoms with Crippen molar-refractivity contribution in [3.63, 3.8) is 0 Å². The molecule has 0 heterocycles. The van der Waals surface area contributed by atoms with Crippen molar-refractivity contribution in [1.29, 1.82) is 0 Å². The molecule has 0 atom stereocenters. The number of allylic oxidation sites excluding steroid dienone is 8. The van der Waals surface area contributed by atoms with Crippen LogP contribution in [-0.4, -0.2) is 0 Å². The second-order valence-corrected chi connectivity index (χ2v) is 4.66. The molecule has 0 fully saturated rings. The molecule has 0 unspecified atom stereocenters. The summed E-state index contributed by atoms with van der Waals surface area (Å²) in [5.74, 6) is 0. The van der Waals surface area contributed by atoms with E-state index >= 15 is 0 Å². The Kier molecular flexibility index (Phi) is 9.29. The van der Waals surface area contributed by atoms with E-state index in [1.54, 1.807) is 0 Å². The van der Waals surface area contributed by atoms with Crippen LogP contribution in [-0.2, 0) is 0 Å². The Bertz CT molecular complexity index is 372. The number of hydrogen-bond donors (Lipinski definition) is 0. The minimum Gasteiger partial charge on any atom is -0.196 e. The minimum absolute atomic E-state index is 0. The van der Waals surface area contributed by atoms with Gasteiger partial charge in [0.05, 0.1) is 0 Å². The van der Waals surface area contributed by atoms with Crippen molar-refractivity contribution in [3.8, 4) is 0 Å². The summed E-state index contributed by atoms with van der Waals surface area (Å²) in [6, 6.07) is 0. The molecule has 1 aromatic rings. The molecule has 0 N–H and O–H groups in total. The van der Waals surface area contributed by atoms with Crippen molar-refractivity contribution in [2.24, 2.45) is 0 Å². The summed E-state index contributed by atoms with van der Waals surface area (Å²) < 4.78 is 0. The second-order valence-electron chi connectivity index (χ2n) is 4.66. The molecule has 19 heavy (non-hydrogen) atoms. The summed E-state index contributed by atoms with van der Waals surface area (Å²) >= 11 is 0. The largest absolute Gasteiger partial charge is 0.196 e. The minimum atomic E-state index is 0. The van der Waals surface area contributed by atoms with E-state index < -0.39 is 0 Å². The van der Waals surface area contributed by atoms with Gasteiger partial charge in [-0.3, -0.25) is 0 Å². The number of hydrogen-bond acceptors (Lipinski definition) is 0. The second kappa shape index (κ2) is 9.49. The van der Waals surface area contributed by atoms with Gasteiger partial charge in [0.1, 0.15) is 0 Å². The third-order valence-corrected chi connectivity index (χ3v) is 3.70. The molecule has 1 heteroatoms. The van der Waals surface area contributed by atoms with Crippen LogP contribution in [0.5, 0.6) is 0 Å². The average molecular weight is 398 g/mol. The summed E-state index contributed by atoms with van der Waals surface area (Å²) in [6.07, 6.45) is 16.0. The Balaban J connectivity index is 0.000000331. The molecule has 0 aromatic heterocycles. The topological polar surface area (TPSA) is 0 Å². The maximum Gasteiger partial charge on any atom is 0 e. The van der Waals surface area contributed by atoms with E-state index in [1.807, 2.05) is 48.6 Å². The van der Waals surface area contributed by atoms with E-state index in [2.05, 4.69) is 34.6 Å². The van der Waals surface area contributed by atoms with Gasteiger partial charge in [-0.25, -0.2) is 0 Å². The van der Waals surface area contributed by atoms with Crippen LogP contribution in [0.25, 0.3) is 0 Å². The van der Waals surface area contributed by atoms with Crippen LogP contribution in [0, 0.1) is 73.2 Å². The summed E-state index contributed by atoms with van der Waals surface area (Å²) in [5.41, 5.74) is 7.34. The molecule has 0 nitrogen and oxygen atoms in total. The molecule has 0 amide bonds. The van der Waals surface area contributed by atoms with Gasteiger partial charge in [0.25, 0.3) is 0 Å². The first kappa shape index (κ1) is 18.6. The van der Waals surface area contributed by atoms with Gasteiger partial charge in [0.2, 0.25) is 0 Å². The smallest absolute Gasteiger partial charge is 0 e. The van der Waals surface area contributed by atoms with Gasteiger partial charge < -0.3 is 0 Å². The fourth-order valence-corrected chi connectivity index (χ4v) is 1.92. The van der Waals surface area contributed by atoms with Crippen molar-refractivity contribution in [2.75, 3.05) is 0 Å². The predicted octanol–water partition coefficient (Wildman–Crippen LogP) is 5.17. The van der Waals surface area contributed by atoms with Crippen LogP contribution in [0.15, 0.2) is 48.6 Å². The molecule has 1 aliphatic rings. The third-order valence-electron chi connectivity index (χ3n) is 3.70. The Morgan fingerprint density at radius 2 is 0.789 bits per heavy atom. The van der Waals surface area contributed by atoms with Crippen molar-refractivity contribution in [3.05, 3.63) is 76.4 Å². The monoisotopic (exact) mass is 398 g/mol. The first-order valence-corrected chi connectivity index (χ1v) is 6.42. The number of rotatable bonds is 0. The molecule has 1 aromatic carbocycles. The Hall–Kier alpha value is -0.404. The van der Waals surface area contributed by atoms with E-state index in [1.165, 1.54) is 27.8 Å². The summed E-state index contributed by atoms with van der Waals surface area (Å²) in [5, 5.41) is 0. The maximum atomic E-state index is 2.20. The molecule has 2 rings (SSSR count). The first-order chi connectivity index (χ1) is 8.55. The standard InChI is InChI=1S/C10H15.C8H8.Tb/c1-6-7(2)9(4)10(5)8(6)3;1-2-4-6-8-7-5-3-1;/h1-5H3;1-8H;/q-1;;/b;2-1-,3-1?,4-2?,5-3-,6-4-,7-5?,8-6?,8-7-;. The molecule has 1 aliphatic carbocycles. The van der Waals surface area contributed by atoms with E-state index in [0.717, 1.165) is 0 Å². The van der Waals surface area contributed by atoms with Gasteiger partial charge in [-0.2, -0.15) is 27.8 Å². The normalized spacial score (nSPS) is 19.0. The molecule has 1 radical (unpaired) electrons. The van der Waals surface area contributed by atoms with Crippen LogP contribution in [0.4, 0.5) is 0 Å². The van der Waals surface area contributed by atoms with Crippen LogP contribution < -0.4 is 0 Å². The van der Waals surface area contributed by atoms with Crippen molar-refractivity contribution in [1.82, 2.24) is 0 Å². The predicted molar refractivity (Wildman–Crippen MR) is 82.3 cm³/mol. The quantitative estimate of drug-likeness (QED) is 0.529. The SMILES string of the molecule is C1=C\C=C/C=C\C=C/1.Cc1c(C)c(C)[c-](C)c1C.[Tb]. The van der Waals surface area contributed by atoms with E-state index in [-0.39, 0.29) is 38.6 Å². The van der Waals surface area contributed by atoms with E-state index in [4.69, 9.17) is 0 Å². The summed E-state index contributed by atoms with van der Waals surface area (Å²) in [7, 11) is 0. The molecule has 0 aliphatic heterocycles. The van der Waals surface area contributed by atoms with Crippen LogP contribution in [0.2, 0.25) is 0 Å². The summed E-state index contributed by atoms with van der Waals surface area (Å²) in [4.78, 5) is 0. The van der Waals surface area contributed by atoms with Gasteiger partial charge in [0, 0.05) is 38.6 Å². The van der Waals surface area contributed by atoms with E-state index in [9.17, 15) is 0 Å². The zero-order valence-electron chi connectivity index (χ0n) is 12.5. The van der Waals surface area contributed by atoms with Gasteiger partial charge in [-0.05, 0) is 0 Å². The van der Waals surface area contributed by atoms with Gasteiger partial charge in [0.15, 0.2) is 0 Å². The molecule has 0 saturated carbocycles. The Labute approximate surface area is 148 Å². The Morgan fingerprint density at radius 3 is 0.895 bits per heavy atom. The van der Waals surface area contributed by atoms with Crippen LogP contribution in [0.1, 0.15) is 27.8 Å². The summed E-state index contributed by atoms with van der Waals surface area (Å²) in [6.45, 7) is 11.0. The van der Waals surface area contributed by atoms with Crippen molar-refractivity contribution < 1.29 is 38.6 Å². The van der Waals surface area contributed by atoms with Crippen molar-refractivity contribution in [2.45, 2.75) is 34.6 Å². The van der Waals surface area contributed by atoms with Crippen LogP contribution >= 0.6 is 0 Å². The zero-order chi connectivity index (χ0) is 13.5. The van der Waals surface area contributed by atoms with Gasteiger partial charge >= 0.3 is 0 Å². The van der Waals surface area contributed by atoms with Gasteiger partial charge in [-0.1, -0.05) is 83.2 Å². The zero-order valence-corrected chi connectivity index (χ0v) is 14.6. The molecule has 105 valence electrons. The Morgan fingerprint density at radius 1 is 0.579 bits per heavy atom. The average Bonchev–Trinajstić information content (AvgIpc) is 2.48. The molecular weight excluding hydrogens is 375 g/mol. The third kappa shape index (κ3) is 5.62.